The van der Waals surface area contributed by atoms with Crippen LogP contribution in [0.15, 0.2) is 27.7 Å². The van der Waals surface area contributed by atoms with E-state index in [-0.39, 0.29) is 5.56 Å². The van der Waals surface area contributed by atoms with E-state index < -0.39 is 0 Å². The van der Waals surface area contributed by atoms with Crippen molar-refractivity contribution >= 4 is 23.5 Å². The Morgan fingerprint density at radius 2 is 2.50 bits per heavy atom. The van der Waals surface area contributed by atoms with E-state index >= 15 is 0 Å². The molecule has 12 heavy (non-hydrogen) atoms. The molecular formula is C7H8N2OS2. The van der Waals surface area contributed by atoms with Crippen molar-refractivity contribution in [3.8, 4) is 0 Å². The lowest BCUT2D eigenvalue weighted by atomic mass is 10.6. The third-order valence-electron chi connectivity index (χ3n) is 1.55. The molecule has 1 aromatic rings. The lowest BCUT2D eigenvalue weighted by molar-refractivity contribution is 0.439. The van der Waals surface area contributed by atoms with Crippen molar-refractivity contribution in [1.82, 2.24) is 8.26 Å². The van der Waals surface area contributed by atoms with Crippen LogP contribution < -0.4 is 5.56 Å². The molecule has 1 aliphatic rings. The zero-order valence-corrected chi connectivity index (χ0v) is 7.98. The molecule has 3 nitrogen and oxygen atoms in total. The van der Waals surface area contributed by atoms with Gasteiger partial charge in [-0.1, -0.05) is 17.6 Å². The molecule has 0 aromatic carbocycles. The molecule has 1 aromatic heterocycles. The highest BCUT2D eigenvalue weighted by molar-refractivity contribution is 8.00. The molecule has 1 aliphatic heterocycles. The van der Waals surface area contributed by atoms with Crippen molar-refractivity contribution < 1.29 is 0 Å². The monoisotopic (exact) mass is 200 g/mol. The minimum atomic E-state index is 0.0903. The molecule has 0 spiro atoms. The van der Waals surface area contributed by atoms with Gasteiger partial charge in [-0.25, -0.2) is 8.26 Å². The molecule has 0 unspecified atom stereocenters. The summed E-state index contributed by atoms with van der Waals surface area (Å²) in [5.41, 5.74) is 0.0903. The van der Waals surface area contributed by atoms with E-state index in [4.69, 9.17) is 0 Å². The number of rotatable bonds is 2. The van der Waals surface area contributed by atoms with Gasteiger partial charge < -0.3 is 0 Å². The Balaban J connectivity index is 2.04. The molecule has 0 atom stereocenters. The van der Waals surface area contributed by atoms with Gasteiger partial charge in [-0.15, -0.1) is 0 Å². The molecule has 0 aliphatic carbocycles. The molecule has 2 heterocycles. The smallest absolute Gasteiger partial charge is 0.261 e. The van der Waals surface area contributed by atoms with Crippen LogP contribution in [0.5, 0.6) is 0 Å². The van der Waals surface area contributed by atoms with Gasteiger partial charge in [0.1, 0.15) is 0 Å². The van der Waals surface area contributed by atoms with Crippen LogP contribution in [0.4, 0.5) is 0 Å². The molecule has 64 valence electrons. The SMILES string of the molecule is O=c1ccsn1CN1CC=CS1. The largest absolute Gasteiger partial charge is 0.268 e. The summed E-state index contributed by atoms with van der Waals surface area (Å²) < 4.78 is 3.86. The first kappa shape index (κ1) is 8.10. The predicted octanol–water partition coefficient (Wildman–Crippen LogP) is 1.34. The van der Waals surface area contributed by atoms with Gasteiger partial charge >= 0.3 is 0 Å². The Morgan fingerprint density at radius 3 is 3.08 bits per heavy atom. The minimum absolute atomic E-state index is 0.0903. The van der Waals surface area contributed by atoms with Gasteiger partial charge in [0.25, 0.3) is 5.56 Å². The third kappa shape index (κ3) is 1.63. The van der Waals surface area contributed by atoms with Crippen LogP contribution in [-0.4, -0.2) is 14.8 Å². The van der Waals surface area contributed by atoms with E-state index in [9.17, 15) is 4.79 Å². The van der Waals surface area contributed by atoms with Crippen LogP contribution in [0.1, 0.15) is 0 Å². The second-order valence-corrected chi connectivity index (χ2v) is 4.33. The van der Waals surface area contributed by atoms with Crippen LogP contribution in [0, 0.1) is 0 Å². The van der Waals surface area contributed by atoms with Gasteiger partial charge in [-0.3, -0.25) is 4.79 Å². The quantitative estimate of drug-likeness (QED) is 0.674. The van der Waals surface area contributed by atoms with Gasteiger partial charge in [0.05, 0.1) is 6.67 Å². The Labute approximate surface area is 78.6 Å². The maximum absolute atomic E-state index is 11.1. The predicted molar refractivity (Wildman–Crippen MR) is 52.0 cm³/mol. The van der Waals surface area contributed by atoms with Crippen LogP contribution in [0.3, 0.4) is 0 Å². The molecule has 0 bridgehead atoms. The first-order valence-electron chi connectivity index (χ1n) is 3.58. The van der Waals surface area contributed by atoms with E-state index in [1.807, 2.05) is 10.8 Å². The topological polar surface area (TPSA) is 25.2 Å². The highest BCUT2D eigenvalue weighted by atomic mass is 32.2. The second kappa shape index (κ2) is 3.47. The Hall–Kier alpha value is -0.520. The summed E-state index contributed by atoms with van der Waals surface area (Å²) in [5, 5.41) is 3.86. The van der Waals surface area contributed by atoms with Crippen molar-refractivity contribution in [3.05, 3.63) is 33.3 Å². The van der Waals surface area contributed by atoms with Crippen LogP contribution in [0.25, 0.3) is 0 Å². The fraction of sp³-hybridized carbons (Fsp3) is 0.286. The Bertz CT molecular complexity index is 333. The lowest BCUT2D eigenvalue weighted by Gasteiger charge is -2.11. The molecule has 0 N–H and O–H groups in total. The molecule has 0 radical (unpaired) electrons. The van der Waals surface area contributed by atoms with Crippen molar-refractivity contribution in [2.24, 2.45) is 0 Å². The average Bonchev–Trinajstić information content (AvgIpc) is 2.65. The zero-order chi connectivity index (χ0) is 8.39. The van der Waals surface area contributed by atoms with E-state index in [0.29, 0.717) is 6.67 Å². The van der Waals surface area contributed by atoms with Crippen molar-refractivity contribution in [1.29, 1.82) is 0 Å². The van der Waals surface area contributed by atoms with Gasteiger partial charge in [0, 0.05) is 18.0 Å². The summed E-state index contributed by atoms with van der Waals surface area (Å²) >= 11 is 3.11. The zero-order valence-electron chi connectivity index (χ0n) is 6.34. The number of hydrogen-bond acceptors (Lipinski definition) is 4. The molecule has 0 amide bonds. The van der Waals surface area contributed by atoms with E-state index in [1.54, 1.807) is 22.0 Å². The third-order valence-corrected chi connectivity index (χ3v) is 3.23. The highest BCUT2D eigenvalue weighted by Crippen LogP contribution is 2.18. The summed E-state index contributed by atoms with van der Waals surface area (Å²) in [6.45, 7) is 1.61. The Kier molecular flexibility index (Phi) is 2.34. The summed E-state index contributed by atoms with van der Waals surface area (Å²) in [7, 11) is 0. The average molecular weight is 200 g/mol. The highest BCUT2D eigenvalue weighted by Gasteiger charge is 2.08. The molecular weight excluding hydrogens is 192 g/mol. The first-order chi connectivity index (χ1) is 5.86. The van der Waals surface area contributed by atoms with Crippen LogP contribution in [0.2, 0.25) is 0 Å². The van der Waals surface area contributed by atoms with Crippen LogP contribution >= 0.6 is 23.5 Å². The summed E-state index contributed by atoms with van der Waals surface area (Å²) in [4.78, 5) is 11.1. The van der Waals surface area contributed by atoms with Crippen molar-refractivity contribution in [2.45, 2.75) is 6.67 Å². The summed E-state index contributed by atoms with van der Waals surface area (Å²) in [6.07, 6.45) is 2.09. The fourth-order valence-corrected chi connectivity index (χ4v) is 2.43. The standard InChI is InChI=1S/C7H8N2OS2/c10-7-2-5-12-9(7)6-8-3-1-4-11-8/h1-2,4-5H,3,6H2. The van der Waals surface area contributed by atoms with Crippen molar-refractivity contribution in [3.63, 3.8) is 0 Å². The van der Waals surface area contributed by atoms with Gasteiger partial charge in [-0.05, 0) is 17.4 Å². The molecule has 5 heteroatoms. The molecule has 2 rings (SSSR count). The van der Waals surface area contributed by atoms with Gasteiger partial charge in [-0.2, -0.15) is 0 Å². The number of aromatic nitrogens is 1. The van der Waals surface area contributed by atoms with Gasteiger partial charge in [0.2, 0.25) is 0 Å². The molecule has 0 fully saturated rings. The normalized spacial score (nSPS) is 17.3. The minimum Gasteiger partial charge on any atom is -0.268 e. The van der Waals surface area contributed by atoms with Gasteiger partial charge in [0.15, 0.2) is 0 Å². The summed E-state index contributed by atoms with van der Waals surface area (Å²) in [6, 6.07) is 1.60. The number of hydrogen-bond donors (Lipinski definition) is 0. The maximum Gasteiger partial charge on any atom is 0.261 e. The Morgan fingerprint density at radius 1 is 1.58 bits per heavy atom. The number of nitrogens with zero attached hydrogens (tertiary/aromatic N) is 2. The fourth-order valence-electron chi connectivity index (χ4n) is 0.967. The first-order valence-corrected chi connectivity index (χ1v) is 5.25. The van der Waals surface area contributed by atoms with E-state index in [1.165, 1.54) is 11.5 Å². The van der Waals surface area contributed by atoms with E-state index in [2.05, 4.69) is 10.4 Å². The molecule has 0 saturated carbocycles. The van der Waals surface area contributed by atoms with Crippen LogP contribution in [-0.2, 0) is 6.67 Å². The lowest BCUT2D eigenvalue weighted by Crippen LogP contribution is -2.22. The second-order valence-electron chi connectivity index (χ2n) is 2.41. The van der Waals surface area contributed by atoms with Crippen molar-refractivity contribution in [2.75, 3.05) is 6.54 Å². The summed E-state index contributed by atoms with van der Waals surface area (Å²) in [5.74, 6) is 0. The maximum atomic E-state index is 11.1. The molecule has 0 saturated heterocycles. The van der Waals surface area contributed by atoms with E-state index in [0.717, 1.165) is 6.54 Å².